The summed E-state index contributed by atoms with van der Waals surface area (Å²) < 4.78 is 5.19. The zero-order valence-corrected chi connectivity index (χ0v) is 17.2. The molecule has 0 spiro atoms. The third-order valence-corrected chi connectivity index (χ3v) is 5.68. The SMILES string of the molecule is COc1ccc(S[C@@H](C)C(=O)N[C@H](c2ccccc2)c2ccc(C)cc2)cc1. The average molecular weight is 392 g/mol. The molecule has 0 saturated heterocycles. The predicted octanol–water partition coefficient (Wildman–Crippen LogP) is 5.39. The second-order valence-electron chi connectivity index (χ2n) is 6.70. The molecule has 0 saturated carbocycles. The van der Waals surface area contributed by atoms with Gasteiger partial charge in [-0.3, -0.25) is 4.79 Å². The average Bonchev–Trinajstić information content (AvgIpc) is 2.73. The second-order valence-corrected chi connectivity index (χ2v) is 8.11. The lowest BCUT2D eigenvalue weighted by Gasteiger charge is -2.22. The number of methoxy groups -OCH3 is 1. The quantitative estimate of drug-likeness (QED) is 0.549. The van der Waals surface area contributed by atoms with Crippen molar-refractivity contribution < 1.29 is 9.53 Å². The van der Waals surface area contributed by atoms with Crippen molar-refractivity contribution in [1.82, 2.24) is 5.32 Å². The van der Waals surface area contributed by atoms with Gasteiger partial charge in [-0.15, -0.1) is 11.8 Å². The maximum absolute atomic E-state index is 12.9. The molecule has 3 aromatic rings. The first-order chi connectivity index (χ1) is 13.6. The van der Waals surface area contributed by atoms with Crippen LogP contribution in [0.3, 0.4) is 0 Å². The van der Waals surface area contributed by atoms with Crippen LogP contribution in [0.4, 0.5) is 0 Å². The molecular weight excluding hydrogens is 366 g/mol. The molecule has 0 aliphatic carbocycles. The van der Waals surface area contributed by atoms with E-state index in [0.717, 1.165) is 21.8 Å². The Balaban J connectivity index is 1.75. The van der Waals surface area contributed by atoms with Crippen LogP contribution in [0.5, 0.6) is 5.75 Å². The van der Waals surface area contributed by atoms with Crippen molar-refractivity contribution in [2.45, 2.75) is 30.0 Å². The van der Waals surface area contributed by atoms with E-state index in [2.05, 4.69) is 36.5 Å². The molecule has 1 amide bonds. The molecule has 0 heterocycles. The Morgan fingerprint density at radius 3 is 2.11 bits per heavy atom. The van der Waals surface area contributed by atoms with Gasteiger partial charge in [0.1, 0.15) is 5.75 Å². The van der Waals surface area contributed by atoms with Gasteiger partial charge in [0, 0.05) is 4.90 Å². The highest BCUT2D eigenvalue weighted by Gasteiger charge is 2.21. The first-order valence-corrected chi connectivity index (χ1v) is 10.2. The topological polar surface area (TPSA) is 38.3 Å². The summed E-state index contributed by atoms with van der Waals surface area (Å²) in [4.78, 5) is 14.0. The Labute approximate surface area is 171 Å². The largest absolute Gasteiger partial charge is 0.497 e. The number of benzene rings is 3. The minimum absolute atomic E-state index is 0.00949. The lowest BCUT2D eigenvalue weighted by Crippen LogP contribution is -2.34. The predicted molar refractivity (Wildman–Crippen MR) is 116 cm³/mol. The van der Waals surface area contributed by atoms with E-state index in [4.69, 9.17) is 4.74 Å². The zero-order chi connectivity index (χ0) is 19.9. The number of rotatable bonds is 7. The zero-order valence-electron chi connectivity index (χ0n) is 16.4. The van der Waals surface area contributed by atoms with E-state index >= 15 is 0 Å². The molecule has 0 aliphatic heterocycles. The summed E-state index contributed by atoms with van der Waals surface area (Å²) in [6.45, 7) is 3.99. The molecule has 3 rings (SSSR count). The van der Waals surface area contributed by atoms with Crippen molar-refractivity contribution in [3.05, 3.63) is 95.6 Å². The van der Waals surface area contributed by atoms with Crippen LogP contribution in [-0.2, 0) is 4.79 Å². The number of aryl methyl sites for hydroxylation is 1. The molecule has 2 atom stereocenters. The van der Waals surface area contributed by atoms with Gasteiger partial charge in [0.05, 0.1) is 18.4 Å². The van der Waals surface area contributed by atoms with E-state index in [1.54, 1.807) is 7.11 Å². The van der Waals surface area contributed by atoms with Crippen molar-refractivity contribution in [3.8, 4) is 5.75 Å². The Morgan fingerprint density at radius 2 is 1.50 bits per heavy atom. The fourth-order valence-electron chi connectivity index (χ4n) is 2.94. The summed E-state index contributed by atoms with van der Waals surface area (Å²) in [5.74, 6) is 0.820. The van der Waals surface area contributed by atoms with Crippen LogP contribution in [0.25, 0.3) is 0 Å². The molecule has 0 unspecified atom stereocenters. The molecule has 3 aromatic carbocycles. The van der Waals surface area contributed by atoms with Gasteiger partial charge in [-0.25, -0.2) is 0 Å². The number of nitrogens with one attached hydrogen (secondary N) is 1. The molecule has 0 radical (unpaired) electrons. The van der Waals surface area contributed by atoms with Crippen LogP contribution in [0.2, 0.25) is 0 Å². The highest BCUT2D eigenvalue weighted by Crippen LogP contribution is 2.27. The molecule has 0 bridgehead atoms. The molecule has 28 heavy (non-hydrogen) atoms. The molecule has 0 aliphatic rings. The van der Waals surface area contributed by atoms with Crippen LogP contribution in [-0.4, -0.2) is 18.3 Å². The minimum Gasteiger partial charge on any atom is -0.497 e. The van der Waals surface area contributed by atoms with Gasteiger partial charge in [0.2, 0.25) is 5.91 Å². The normalized spacial score (nSPS) is 12.8. The first kappa shape index (κ1) is 20.0. The van der Waals surface area contributed by atoms with Crippen molar-refractivity contribution in [3.63, 3.8) is 0 Å². The summed E-state index contributed by atoms with van der Waals surface area (Å²) >= 11 is 1.54. The minimum atomic E-state index is -0.218. The standard InChI is InChI=1S/C24H25NO2S/c1-17-9-11-20(12-10-17)23(19-7-5-4-6-8-19)25-24(26)18(2)28-22-15-13-21(27-3)14-16-22/h4-16,18,23H,1-3H3,(H,25,26)/t18-,23+/m0/s1. The molecule has 144 valence electrons. The summed E-state index contributed by atoms with van der Waals surface area (Å²) in [6, 6.07) is 26.0. The number of amides is 1. The van der Waals surface area contributed by atoms with Crippen LogP contribution in [0.15, 0.2) is 83.8 Å². The first-order valence-electron chi connectivity index (χ1n) is 9.29. The maximum Gasteiger partial charge on any atom is 0.233 e. The van der Waals surface area contributed by atoms with Crippen LogP contribution < -0.4 is 10.1 Å². The Hall–Kier alpha value is -2.72. The number of ether oxygens (including phenoxy) is 1. The van der Waals surface area contributed by atoms with E-state index in [1.165, 1.54) is 17.3 Å². The monoisotopic (exact) mass is 391 g/mol. The maximum atomic E-state index is 12.9. The van der Waals surface area contributed by atoms with E-state index in [9.17, 15) is 4.79 Å². The van der Waals surface area contributed by atoms with E-state index in [1.807, 2.05) is 61.5 Å². The van der Waals surface area contributed by atoms with E-state index < -0.39 is 0 Å². The number of carbonyl (C=O) groups excluding carboxylic acids is 1. The highest BCUT2D eigenvalue weighted by molar-refractivity contribution is 8.00. The van der Waals surface area contributed by atoms with E-state index in [-0.39, 0.29) is 17.2 Å². The Morgan fingerprint density at radius 1 is 0.893 bits per heavy atom. The van der Waals surface area contributed by atoms with Gasteiger partial charge in [0.15, 0.2) is 0 Å². The molecule has 0 aromatic heterocycles. The van der Waals surface area contributed by atoms with Crippen LogP contribution in [0.1, 0.15) is 29.7 Å². The number of carbonyl (C=O) groups is 1. The van der Waals surface area contributed by atoms with Gasteiger partial charge in [-0.2, -0.15) is 0 Å². The van der Waals surface area contributed by atoms with Gasteiger partial charge < -0.3 is 10.1 Å². The molecule has 3 nitrogen and oxygen atoms in total. The number of hydrogen-bond donors (Lipinski definition) is 1. The third-order valence-electron chi connectivity index (χ3n) is 4.57. The van der Waals surface area contributed by atoms with Crippen LogP contribution >= 0.6 is 11.8 Å². The molecular formula is C24H25NO2S. The van der Waals surface area contributed by atoms with Gasteiger partial charge >= 0.3 is 0 Å². The van der Waals surface area contributed by atoms with E-state index in [0.29, 0.717) is 0 Å². The third kappa shape index (κ3) is 5.17. The fraction of sp³-hybridized carbons (Fsp3) is 0.208. The summed E-state index contributed by atoms with van der Waals surface area (Å²) in [5.41, 5.74) is 3.35. The Kier molecular flexibility index (Phi) is 6.77. The lowest BCUT2D eigenvalue weighted by molar-refractivity contribution is -0.120. The van der Waals surface area contributed by atoms with Crippen molar-refractivity contribution >= 4 is 17.7 Å². The van der Waals surface area contributed by atoms with Crippen molar-refractivity contribution in [2.24, 2.45) is 0 Å². The van der Waals surface area contributed by atoms with Crippen molar-refractivity contribution in [2.75, 3.05) is 7.11 Å². The highest BCUT2D eigenvalue weighted by atomic mass is 32.2. The Bertz CT molecular complexity index is 892. The summed E-state index contributed by atoms with van der Waals surface area (Å²) in [7, 11) is 1.65. The summed E-state index contributed by atoms with van der Waals surface area (Å²) in [5, 5.41) is 3.01. The molecule has 1 N–H and O–H groups in total. The molecule has 0 fully saturated rings. The molecule has 4 heteroatoms. The van der Waals surface area contributed by atoms with Crippen molar-refractivity contribution in [1.29, 1.82) is 0 Å². The fourth-order valence-corrected chi connectivity index (χ4v) is 3.81. The van der Waals surface area contributed by atoms with Gasteiger partial charge in [-0.1, -0.05) is 60.2 Å². The summed E-state index contributed by atoms with van der Waals surface area (Å²) in [6.07, 6.45) is 0. The number of hydrogen-bond acceptors (Lipinski definition) is 3. The lowest BCUT2D eigenvalue weighted by atomic mass is 9.97. The van der Waals surface area contributed by atoms with Crippen LogP contribution in [0, 0.1) is 6.92 Å². The second kappa shape index (κ2) is 9.47. The van der Waals surface area contributed by atoms with Gasteiger partial charge in [0.25, 0.3) is 0 Å². The van der Waals surface area contributed by atoms with Gasteiger partial charge in [-0.05, 0) is 49.2 Å². The number of thioether (sulfide) groups is 1. The smallest absolute Gasteiger partial charge is 0.233 e.